The first-order valence-corrected chi connectivity index (χ1v) is 12.6. The number of hydrogen-bond acceptors (Lipinski definition) is 5. The van der Waals surface area contributed by atoms with Gasteiger partial charge in [0, 0.05) is 50.1 Å². The van der Waals surface area contributed by atoms with Gasteiger partial charge in [0.1, 0.15) is 17.2 Å². The van der Waals surface area contributed by atoms with Crippen molar-refractivity contribution in [1.82, 2.24) is 4.90 Å². The van der Waals surface area contributed by atoms with Gasteiger partial charge in [-0.1, -0.05) is 6.92 Å². The fourth-order valence-electron chi connectivity index (χ4n) is 4.51. The van der Waals surface area contributed by atoms with Crippen molar-refractivity contribution in [3.05, 3.63) is 59.4 Å². The molecular formula is C24H28FNO5S. The molecule has 4 rings (SSSR count). The quantitative estimate of drug-likeness (QED) is 0.669. The van der Waals surface area contributed by atoms with Gasteiger partial charge in [0.05, 0.1) is 16.8 Å². The van der Waals surface area contributed by atoms with Crippen molar-refractivity contribution in [3.63, 3.8) is 0 Å². The highest BCUT2D eigenvalue weighted by Gasteiger charge is 2.44. The van der Waals surface area contributed by atoms with E-state index in [2.05, 4.69) is 0 Å². The van der Waals surface area contributed by atoms with Crippen LogP contribution >= 0.6 is 0 Å². The number of benzene rings is 2. The van der Waals surface area contributed by atoms with Crippen LogP contribution in [0.15, 0.2) is 47.4 Å². The van der Waals surface area contributed by atoms with Crippen LogP contribution in [0.4, 0.5) is 4.39 Å². The Morgan fingerprint density at radius 3 is 2.47 bits per heavy atom. The number of hydrogen-bond donors (Lipinski definition) is 0. The first-order chi connectivity index (χ1) is 15.3. The molecule has 0 aliphatic carbocycles. The molecule has 2 aromatic rings. The fraction of sp³-hybridized carbons (Fsp3) is 0.458. The molecule has 2 aliphatic heterocycles. The maximum atomic E-state index is 13.8. The zero-order valence-electron chi connectivity index (χ0n) is 18.3. The Labute approximate surface area is 188 Å². The van der Waals surface area contributed by atoms with E-state index in [4.69, 9.17) is 9.47 Å². The van der Waals surface area contributed by atoms with Gasteiger partial charge in [0.15, 0.2) is 9.84 Å². The van der Waals surface area contributed by atoms with E-state index >= 15 is 0 Å². The molecule has 172 valence electrons. The van der Waals surface area contributed by atoms with Crippen molar-refractivity contribution in [1.29, 1.82) is 0 Å². The summed E-state index contributed by atoms with van der Waals surface area (Å²) in [4.78, 5) is 15.0. The first-order valence-electron chi connectivity index (χ1n) is 11.0. The Kier molecular flexibility index (Phi) is 6.27. The van der Waals surface area contributed by atoms with Gasteiger partial charge in [-0.05, 0) is 49.4 Å². The highest BCUT2D eigenvalue weighted by molar-refractivity contribution is 7.91. The van der Waals surface area contributed by atoms with E-state index in [1.54, 1.807) is 30.0 Å². The number of rotatable bonds is 5. The third kappa shape index (κ3) is 4.38. The van der Waals surface area contributed by atoms with Crippen LogP contribution in [0.2, 0.25) is 0 Å². The number of carbonyl (C=O) groups is 1. The Morgan fingerprint density at radius 1 is 1.16 bits per heavy atom. The Bertz CT molecular complexity index is 1090. The average Bonchev–Trinajstić information content (AvgIpc) is 2.80. The van der Waals surface area contributed by atoms with E-state index < -0.39 is 15.4 Å². The van der Waals surface area contributed by atoms with Crippen LogP contribution in [0.1, 0.15) is 55.1 Å². The summed E-state index contributed by atoms with van der Waals surface area (Å²) in [7, 11) is -3.30. The first kappa shape index (κ1) is 22.7. The van der Waals surface area contributed by atoms with Crippen LogP contribution < -0.4 is 4.74 Å². The lowest BCUT2D eigenvalue weighted by atomic mass is 9.81. The topological polar surface area (TPSA) is 72.9 Å². The number of amides is 1. The van der Waals surface area contributed by atoms with Crippen molar-refractivity contribution in [2.24, 2.45) is 0 Å². The molecule has 0 radical (unpaired) electrons. The number of carbonyl (C=O) groups excluding carboxylic acids is 1. The molecule has 32 heavy (non-hydrogen) atoms. The molecule has 8 heteroatoms. The molecule has 2 heterocycles. The predicted octanol–water partition coefficient (Wildman–Crippen LogP) is 4.15. The summed E-state index contributed by atoms with van der Waals surface area (Å²) in [5, 5.41) is 0. The van der Waals surface area contributed by atoms with E-state index in [0.717, 1.165) is 5.56 Å². The lowest BCUT2D eigenvalue weighted by Gasteiger charge is -2.46. The van der Waals surface area contributed by atoms with Crippen molar-refractivity contribution >= 4 is 15.7 Å². The molecule has 1 amide bonds. The van der Waals surface area contributed by atoms with Crippen molar-refractivity contribution in [2.75, 3.05) is 25.4 Å². The fourth-order valence-corrected chi connectivity index (χ4v) is 5.40. The monoisotopic (exact) mass is 461 g/mol. The molecule has 1 atom stereocenters. The molecule has 0 N–H and O–H groups in total. The number of halogens is 1. The number of piperidine rings is 1. The van der Waals surface area contributed by atoms with Gasteiger partial charge in [0.25, 0.3) is 5.91 Å². The minimum Gasteiger partial charge on any atom is -0.487 e. The van der Waals surface area contributed by atoms with Crippen molar-refractivity contribution in [3.8, 4) is 5.75 Å². The predicted molar refractivity (Wildman–Crippen MR) is 118 cm³/mol. The molecule has 6 nitrogen and oxygen atoms in total. The van der Waals surface area contributed by atoms with Crippen LogP contribution in [0.5, 0.6) is 5.75 Å². The van der Waals surface area contributed by atoms with E-state index in [9.17, 15) is 17.6 Å². The molecule has 0 bridgehead atoms. The number of fused-ring (bicyclic) bond motifs is 1. The van der Waals surface area contributed by atoms with E-state index in [0.29, 0.717) is 50.3 Å². The van der Waals surface area contributed by atoms with E-state index in [-0.39, 0.29) is 28.5 Å². The summed E-state index contributed by atoms with van der Waals surface area (Å²) in [5.74, 6) is 0.224. The molecule has 1 spiro atoms. The maximum Gasteiger partial charge on any atom is 0.253 e. The largest absolute Gasteiger partial charge is 0.487 e. The Morgan fingerprint density at radius 2 is 1.84 bits per heavy atom. The van der Waals surface area contributed by atoms with Gasteiger partial charge in [-0.15, -0.1) is 0 Å². The zero-order chi connectivity index (χ0) is 22.9. The highest BCUT2D eigenvalue weighted by Crippen LogP contribution is 2.46. The number of nitrogens with zero attached hydrogens (tertiary/aromatic N) is 1. The van der Waals surface area contributed by atoms with Crippen LogP contribution in [-0.4, -0.2) is 50.3 Å². The summed E-state index contributed by atoms with van der Waals surface area (Å²) in [5.41, 5.74) is 0.743. The summed E-state index contributed by atoms with van der Waals surface area (Å²) < 4.78 is 50.0. The molecule has 1 saturated heterocycles. The van der Waals surface area contributed by atoms with E-state index in [1.807, 2.05) is 6.92 Å². The number of sulfone groups is 1. The minimum absolute atomic E-state index is 0.0208. The lowest BCUT2D eigenvalue weighted by Crippen LogP contribution is -2.52. The van der Waals surface area contributed by atoms with Crippen molar-refractivity contribution < 1.29 is 27.1 Å². The molecule has 0 saturated carbocycles. The number of ether oxygens (including phenoxy) is 2. The lowest BCUT2D eigenvalue weighted by molar-refractivity contribution is -0.0701. The van der Waals surface area contributed by atoms with Gasteiger partial charge >= 0.3 is 0 Å². The van der Waals surface area contributed by atoms with Crippen molar-refractivity contribution in [2.45, 2.75) is 49.7 Å². The van der Waals surface area contributed by atoms with Crippen LogP contribution in [0, 0.1) is 5.82 Å². The smallest absolute Gasteiger partial charge is 0.253 e. The molecule has 1 fully saturated rings. The second kappa shape index (κ2) is 8.83. The van der Waals surface area contributed by atoms with Gasteiger partial charge < -0.3 is 14.4 Å². The SMILES string of the molecule is CCO[C@@H]1CC2(CCN(C(=O)c3ccc(S(=O)(=O)CC)cc3)CC2)Oc2ccc(F)cc21. The van der Waals surface area contributed by atoms with E-state index in [1.165, 1.54) is 24.3 Å². The Hall–Kier alpha value is -2.45. The van der Waals surface area contributed by atoms with Crippen LogP contribution in [0.25, 0.3) is 0 Å². The van der Waals surface area contributed by atoms with Gasteiger partial charge in [-0.2, -0.15) is 0 Å². The average molecular weight is 462 g/mol. The van der Waals surface area contributed by atoms with Gasteiger partial charge in [-0.3, -0.25) is 4.79 Å². The summed E-state index contributed by atoms with van der Waals surface area (Å²) in [6, 6.07) is 10.6. The van der Waals surface area contributed by atoms with Crippen LogP contribution in [0.3, 0.4) is 0 Å². The molecular weight excluding hydrogens is 433 g/mol. The third-order valence-corrected chi connectivity index (χ3v) is 8.12. The number of likely N-dealkylation sites (tertiary alicyclic amines) is 1. The zero-order valence-corrected chi connectivity index (χ0v) is 19.2. The maximum absolute atomic E-state index is 13.8. The summed E-state index contributed by atoms with van der Waals surface area (Å²) in [6.45, 7) is 5.06. The normalized spacial score (nSPS) is 20.0. The minimum atomic E-state index is -3.30. The standard InChI is InChI=1S/C24H28FNO5S/c1-3-30-22-16-24(31-21-10-7-18(25)15-20(21)22)11-13-26(14-12-24)23(27)17-5-8-19(9-6-17)32(28,29)4-2/h5-10,15,22H,3-4,11-14,16H2,1-2H3/t22-/m1/s1. The Balaban J connectivity index is 1.46. The molecule has 2 aromatic carbocycles. The van der Waals surface area contributed by atoms with Crippen LogP contribution in [-0.2, 0) is 14.6 Å². The second-order valence-corrected chi connectivity index (χ2v) is 10.6. The molecule has 2 aliphatic rings. The molecule has 0 aromatic heterocycles. The second-order valence-electron chi connectivity index (χ2n) is 8.34. The van der Waals surface area contributed by atoms with Gasteiger partial charge in [0.2, 0.25) is 0 Å². The third-order valence-electron chi connectivity index (χ3n) is 6.37. The van der Waals surface area contributed by atoms with Gasteiger partial charge in [-0.25, -0.2) is 12.8 Å². The summed E-state index contributed by atoms with van der Waals surface area (Å²) in [6.07, 6.45) is 1.65. The highest BCUT2D eigenvalue weighted by atomic mass is 32.2. The summed E-state index contributed by atoms with van der Waals surface area (Å²) >= 11 is 0. The molecule has 0 unspecified atom stereocenters.